The summed E-state index contributed by atoms with van der Waals surface area (Å²) in [7, 11) is 0. The smallest absolute Gasteiger partial charge is 0.256 e. The monoisotopic (exact) mass is 350 g/mol. The number of hydrogen-bond donors (Lipinski definition) is 1. The molecule has 0 spiro atoms. The average Bonchev–Trinajstić information content (AvgIpc) is 2.86. The standard InChI is InChI=1S/C22H26N2O2/c1-4-5-6-17-7-9-19(10-8-17)24-21(25)14-20(22(24)26)23-18-12-15(2)11-16(3)13-18/h7-13,20,23H,4-6,14H2,1-3H3. The van der Waals surface area contributed by atoms with E-state index in [0.29, 0.717) is 5.69 Å². The van der Waals surface area contributed by atoms with Crippen molar-refractivity contribution in [2.24, 2.45) is 0 Å². The Morgan fingerprint density at radius 2 is 1.69 bits per heavy atom. The Labute approximate surface area is 155 Å². The maximum Gasteiger partial charge on any atom is 0.256 e. The third kappa shape index (κ3) is 3.96. The van der Waals surface area contributed by atoms with Crippen LogP contribution in [0.15, 0.2) is 42.5 Å². The quantitative estimate of drug-likeness (QED) is 0.786. The molecular formula is C22H26N2O2. The predicted molar refractivity (Wildman–Crippen MR) is 105 cm³/mol. The third-order valence-electron chi connectivity index (χ3n) is 4.72. The molecule has 0 bridgehead atoms. The van der Waals surface area contributed by atoms with E-state index in [0.717, 1.165) is 36.1 Å². The first-order valence-corrected chi connectivity index (χ1v) is 9.28. The molecule has 1 fully saturated rings. The Morgan fingerprint density at radius 3 is 2.31 bits per heavy atom. The molecule has 0 aliphatic carbocycles. The van der Waals surface area contributed by atoms with Gasteiger partial charge in [-0.1, -0.05) is 31.5 Å². The number of nitrogens with one attached hydrogen (secondary N) is 1. The zero-order valence-corrected chi connectivity index (χ0v) is 15.7. The first kappa shape index (κ1) is 18.2. The van der Waals surface area contributed by atoms with Crippen LogP contribution in [0.5, 0.6) is 0 Å². The number of imide groups is 1. The van der Waals surface area contributed by atoms with Crippen molar-refractivity contribution in [3.05, 3.63) is 59.2 Å². The summed E-state index contributed by atoms with van der Waals surface area (Å²) in [6, 6.07) is 13.3. The van der Waals surface area contributed by atoms with Gasteiger partial charge in [0.15, 0.2) is 0 Å². The van der Waals surface area contributed by atoms with E-state index in [1.807, 2.05) is 50.2 Å². The Balaban J connectivity index is 1.74. The summed E-state index contributed by atoms with van der Waals surface area (Å²) in [5.41, 5.74) is 5.03. The van der Waals surface area contributed by atoms with E-state index in [4.69, 9.17) is 0 Å². The number of nitrogens with zero attached hydrogens (tertiary/aromatic N) is 1. The number of benzene rings is 2. The maximum atomic E-state index is 12.8. The van der Waals surface area contributed by atoms with Crippen LogP contribution in [0.25, 0.3) is 0 Å². The lowest BCUT2D eigenvalue weighted by molar-refractivity contribution is -0.121. The summed E-state index contributed by atoms with van der Waals surface area (Å²) >= 11 is 0. The average molecular weight is 350 g/mol. The summed E-state index contributed by atoms with van der Waals surface area (Å²) < 4.78 is 0. The van der Waals surface area contributed by atoms with Gasteiger partial charge in [0.25, 0.3) is 5.91 Å². The molecule has 0 radical (unpaired) electrons. The molecule has 1 heterocycles. The lowest BCUT2D eigenvalue weighted by Crippen LogP contribution is -2.34. The highest BCUT2D eigenvalue weighted by Gasteiger charge is 2.39. The minimum absolute atomic E-state index is 0.154. The Bertz CT molecular complexity index is 791. The second-order valence-corrected chi connectivity index (χ2v) is 7.11. The van der Waals surface area contributed by atoms with Crippen molar-refractivity contribution >= 4 is 23.2 Å². The highest BCUT2D eigenvalue weighted by Crippen LogP contribution is 2.26. The molecule has 1 aliphatic rings. The molecule has 1 N–H and O–H groups in total. The van der Waals surface area contributed by atoms with Crippen molar-refractivity contribution in [1.29, 1.82) is 0 Å². The van der Waals surface area contributed by atoms with E-state index in [9.17, 15) is 9.59 Å². The molecule has 136 valence electrons. The zero-order chi connectivity index (χ0) is 18.7. The number of aryl methyl sites for hydroxylation is 3. The minimum atomic E-state index is -0.511. The largest absolute Gasteiger partial charge is 0.373 e. The number of carbonyl (C=O) groups is 2. The van der Waals surface area contributed by atoms with Crippen molar-refractivity contribution < 1.29 is 9.59 Å². The minimum Gasteiger partial charge on any atom is -0.373 e. The van der Waals surface area contributed by atoms with Gasteiger partial charge < -0.3 is 5.32 Å². The first-order chi connectivity index (χ1) is 12.5. The van der Waals surface area contributed by atoms with Crippen molar-refractivity contribution in [2.45, 2.75) is 52.5 Å². The molecular weight excluding hydrogens is 324 g/mol. The lowest BCUT2D eigenvalue weighted by atomic mass is 10.1. The molecule has 1 aliphatic heterocycles. The molecule has 2 aromatic rings. The van der Waals surface area contributed by atoms with Gasteiger partial charge in [-0.05, 0) is 67.6 Å². The molecule has 1 saturated heterocycles. The van der Waals surface area contributed by atoms with Crippen molar-refractivity contribution in [3.8, 4) is 0 Å². The molecule has 1 atom stereocenters. The first-order valence-electron chi connectivity index (χ1n) is 9.28. The van der Waals surface area contributed by atoms with Crippen LogP contribution in [0, 0.1) is 13.8 Å². The van der Waals surface area contributed by atoms with Gasteiger partial charge >= 0.3 is 0 Å². The molecule has 1 unspecified atom stereocenters. The highest BCUT2D eigenvalue weighted by atomic mass is 16.2. The molecule has 3 rings (SSSR count). The van der Waals surface area contributed by atoms with Crippen LogP contribution in [0.4, 0.5) is 11.4 Å². The highest BCUT2D eigenvalue weighted by molar-refractivity contribution is 6.23. The molecule has 4 nitrogen and oxygen atoms in total. The summed E-state index contributed by atoms with van der Waals surface area (Å²) in [4.78, 5) is 26.5. The Kier molecular flexibility index (Phi) is 5.40. The number of hydrogen-bond acceptors (Lipinski definition) is 3. The van der Waals surface area contributed by atoms with Crippen LogP contribution in [-0.2, 0) is 16.0 Å². The van der Waals surface area contributed by atoms with E-state index >= 15 is 0 Å². The molecule has 0 aromatic heterocycles. The van der Waals surface area contributed by atoms with Gasteiger partial charge in [-0.25, -0.2) is 4.90 Å². The summed E-state index contributed by atoms with van der Waals surface area (Å²) in [5, 5.41) is 3.23. The van der Waals surface area contributed by atoms with Crippen molar-refractivity contribution in [1.82, 2.24) is 0 Å². The maximum absolute atomic E-state index is 12.8. The van der Waals surface area contributed by atoms with E-state index in [-0.39, 0.29) is 18.2 Å². The van der Waals surface area contributed by atoms with Crippen LogP contribution in [0.1, 0.15) is 42.9 Å². The third-order valence-corrected chi connectivity index (χ3v) is 4.72. The Hall–Kier alpha value is -2.62. The number of amides is 2. The number of carbonyl (C=O) groups excluding carboxylic acids is 2. The molecule has 0 saturated carbocycles. The lowest BCUT2D eigenvalue weighted by Gasteiger charge is -2.17. The van der Waals surface area contributed by atoms with Crippen LogP contribution in [0.2, 0.25) is 0 Å². The fourth-order valence-corrected chi connectivity index (χ4v) is 3.47. The van der Waals surface area contributed by atoms with Crippen LogP contribution in [-0.4, -0.2) is 17.9 Å². The van der Waals surface area contributed by atoms with Crippen LogP contribution >= 0.6 is 0 Å². The summed E-state index contributed by atoms with van der Waals surface area (Å²) in [5.74, 6) is -0.339. The van der Waals surface area contributed by atoms with Crippen LogP contribution in [0.3, 0.4) is 0 Å². The fourth-order valence-electron chi connectivity index (χ4n) is 3.47. The molecule has 2 amide bonds. The zero-order valence-electron chi connectivity index (χ0n) is 15.7. The van der Waals surface area contributed by atoms with E-state index in [2.05, 4.69) is 18.3 Å². The van der Waals surface area contributed by atoms with Gasteiger partial charge in [0, 0.05) is 5.69 Å². The van der Waals surface area contributed by atoms with Crippen LogP contribution < -0.4 is 10.2 Å². The normalized spacial score (nSPS) is 17.0. The van der Waals surface area contributed by atoms with E-state index in [1.54, 1.807) is 0 Å². The van der Waals surface area contributed by atoms with Gasteiger partial charge in [-0.3, -0.25) is 9.59 Å². The predicted octanol–water partition coefficient (Wildman–Crippen LogP) is 4.39. The second kappa shape index (κ2) is 7.73. The molecule has 4 heteroatoms. The summed E-state index contributed by atoms with van der Waals surface area (Å²) in [6.45, 7) is 6.21. The van der Waals surface area contributed by atoms with Gasteiger partial charge in [0.2, 0.25) is 5.91 Å². The van der Waals surface area contributed by atoms with Gasteiger partial charge in [0.1, 0.15) is 6.04 Å². The van der Waals surface area contributed by atoms with Crippen molar-refractivity contribution in [2.75, 3.05) is 10.2 Å². The second-order valence-electron chi connectivity index (χ2n) is 7.11. The molecule has 2 aromatic carbocycles. The van der Waals surface area contributed by atoms with Crippen molar-refractivity contribution in [3.63, 3.8) is 0 Å². The SMILES string of the molecule is CCCCc1ccc(N2C(=O)CC(Nc3cc(C)cc(C)c3)C2=O)cc1. The van der Waals surface area contributed by atoms with Gasteiger partial charge in [-0.2, -0.15) is 0 Å². The fraction of sp³-hybridized carbons (Fsp3) is 0.364. The number of rotatable bonds is 6. The topological polar surface area (TPSA) is 49.4 Å². The van der Waals surface area contributed by atoms with E-state index in [1.165, 1.54) is 10.5 Å². The Morgan fingerprint density at radius 1 is 1.04 bits per heavy atom. The number of unbranched alkanes of at least 4 members (excludes halogenated alkanes) is 1. The van der Waals surface area contributed by atoms with E-state index < -0.39 is 6.04 Å². The van der Waals surface area contributed by atoms with Gasteiger partial charge in [-0.15, -0.1) is 0 Å². The number of anilines is 2. The molecule has 26 heavy (non-hydrogen) atoms. The summed E-state index contributed by atoms with van der Waals surface area (Å²) in [6.07, 6.45) is 3.50. The van der Waals surface area contributed by atoms with Gasteiger partial charge in [0.05, 0.1) is 12.1 Å².